The van der Waals surface area contributed by atoms with Crippen LogP contribution in [0.15, 0.2) is 247 Å². The van der Waals surface area contributed by atoms with Gasteiger partial charge in [0.25, 0.3) is 0 Å². The van der Waals surface area contributed by atoms with Crippen molar-refractivity contribution >= 4 is 33.6 Å². The van der Waals surface area contributed by atoms with E-state index in [9.17, 15) is 0 Å². The second-order valence-electron chi connectivity index (χ2n) is 21.7. The van der Waals surface area contributed by atoms with Crippen molar-refractivity contribution in [3.8, 4) is 77.9 Å². The molecule has 0 N–H and O–H groups in total. The van der Waals surface area contributed by atoms with Crippen molar-refractivity contribution in [2.75, 3.05) is 0 Å². The van der Waals surface area contributed by atoms with Gasteiger partial charge >= 0.3 is 0 Å². The molecule has 3 aliphatic carbocycles. The van der Waals surface area contributed by atoms with Gasteiger partial charge in [-0.25, -0.2) is 0 Å². The van der Waals surface area contributed by atoms with Gasteiger partial charge in [0.05, 0.1) is 0 Å². The third-order valence-corrected chi connectivity index (χ3v) is 17.0. The zero-order valence-electron chi connectivity index (χ0n) is 42.3. The summed E-state index contributed by atoms with van der Waals surface area (Å²) in [6, 6.07) is 90.1. The first kappa shape index (κ1) is 43.5. The summed E-state index contributed by atoms with van der Waals surface area (Å²) in [6.45, 7) is 7.35. The van der Waals surface area contributed by atoms with Crippen molar-refractivity contribution < 1.29 is 4.42 Å². The maximum atomic E-state index is 7.18. The van der Waals surface area contributed by atoms with Crippen molar-refractivity contribution in [2.45, 2.75) is 38.0 Å². The molecule has 0 amide bonds. The molecule has 1 unspecified atom stereocenters. The monoisotopic (exact) mass is 956 g/mol. The highest BCUT2D eigenvalue weighted by Gasteiger charge is 2.46. The number of allylic oxidation sites excluding steroid dienone is 1. The molecule has 1 heteroatoms. The van der Waals surface area contributed by atoms with Crippen molar-refractivity contribution in [3.05, 3.63) is 287 Å². The normalized spacial score (nSPS) is 15.4. The predicted octanol–water partition coefficient (Wildman–Crippen LogP) is 19.7. The topological polar surface area (TPSA) is 13.1 Å². The van der Waals surface area contributed by atoms with Gasteiger partial charge in [-0.1, -0.05) is 214 Å². The molecule has 1 nitrogen and oxygen atoms in total. The summed E-state index contributed by atoms with van der Waals surface area (Å²) >= 11 is 0. The molecule has 0 spiro atoms. The number of fused-ring (bicyclic) bond motifs is 11. The van der Waals surface area contributed by atoms with E-state index in [1.54, 1.807) is 0 Å². The summed E-state index contributed by atoms with van der Waals surface area (Å²) < 4.78 is 7.18. The molecule has 0 saturated heterocycles. The Bertz CT molecular complexity index is 4310. The van der Waals surface area contributed by atoms with E-state index in [-0.39, 0.29) is 5.41 Å². The lowest BCUT2D eigenvalue weighted by molar-refractivity contribution is 0.661. The molecule has 15 rings (SSSR count). The van der Waals surface area contributed by atoms with Gasteiger partial charge in [-0.2, -0.15) is 0 Å². The zero-order valence-corrected chi connectivity index (χ0v) is 42.3. The van der Waals surface area contributed by atoms with Crippen LogP contribution in [0.25, 0.3) is 111 Å². The highest BCUT2D eigenvalue weighted by molar-refractivity contribution is 6.13. The van der Waals surface area contributed by atoms with Gasteiger partial charge in [-0.15, -0.1) is 0 Å². The molecule has 3 aliphatic rings. The van der Waals surface area contributed by atoms with E-state index < -0.39 is 5.41 Å². The molecule has 0 aliphatic heterocycles. The van der Waals surface area contributed by atoms with Gasteiger partial charge in [-0.3, -0.25) is 0 Å². The van der Waals surface area contributed by atoms with Gasteiger partial charge in [0, 0.05) is 27.2 Å². The van der Waals surface area contributed by atoms with Crippen LogP contribution < -0.4 is 0 Å². The van der Waals surface area contributed by atoms with Crippen molar-refractivity contribution in [1.82, 2.24) is 0 Å². The first-order chi connectivity index (χ1) is 36.8. The summed E-state index contributed by atoms with van der Waals surface area (Å²) in [7, 11) is 0. The lowest BCUT2D eigenvalue weighted by Crippen LogP contribution is -2.24. The molecule has 11 aromatic carbocycles. The number of furan rings is 1. The maximum Gasteiger partial charge on any atom is 0.143 e. The molecule has 0 radical (unpaired) electrons. The fourth-order valence-electron chi connectivity index (χ4n) is 13.5. The minimum atomic E-state index is -0.465. The first-order valence-corrected chi connectivity index (χ1v) is 26.4. The van der Waals surface area contributed by atoms with Crippen LogP contribution in [-0.2, 0) is 17.3 Å². The minimum absolute atomic E-state index is 0.244. The molecule has 0 saturated carbocycles. The molecule has 1 atom stereocenters. The molecular weight excluding hydrogens is 905 g/mol. The summed E-state index contributed by atoms with van der Waals surface area (Å²) in [6.07, 6.45) is 3.27. The number of benzene rings is 11. The number of hydrogen-bond donors (Lipinski definition) is 0. The van der Waals surface area contributed by atoms with Crippen molar-refractivity contribution in [1.29, 1.82) is 0 Å². The van der Waals surface area contributed by atoms with Crippen LogP contribution in [0.3, 0.4) is 0 Å². The van der Waals surface area contributed by atoms with Gasteiger partial charge < -0.3 is 4.42 Å². The van der Waals surface area contributed by atoms with E-state index >= 15 is 0 Å². The quantitative estimate of drug-likeness (QED) is 0.155. The lowest BCUT2D eigenvalue weighted by atomic mass is 9.71. The fraction of sp³-hybridized carbons (Fsp3) is 0.0811. The van der Waals surface area contributed by atoms with Crippen LogP contribution in [0.5, 0.6) is 0 Å². The Balaban J connectivity index is 0.959. The van der Waals surface area contributed by atoms with E-state index in [4.69, 9.17) is 4.42 Å². The second-order valence-corrected chi connectivity index (χ2v) is 21.7. The van der Waals surface area contributed by atoms with Crippen LogP contribution in [0.4, 0.5) is 0 Å². The average Bonchev–Trinajstić information content (AvgIpc) is 4.16. The average molecular weight is 957 g/mol. The smallest absolute Gasteiger partial charge is 0.143 e. The van der Waals surface area contributed by atoms with Crippen LogP contribution in [0.2, 0.25) is 0 Å². The summed E-state index contributed by atoms with van der Waals surface area (Å²) in [5.41, 5.74) is 30.3. The highest BCUT2D eigenvalue weighted by Crippen LogP contribution is 2.60. The highest BCUT2D eigenvalue weighted by atomic mass is 16.3. The van der Waals surface area contributed by atoms with E-state index in [2.05, 4.69) is 270 Å². The van der Waals surface area contributed by atoms with Gasteiger partial charge in [0.2, 0.25) is 0 Å². The van der Waals surface area contributed by atoms with E-state index in [0.717, 1.165) is 39.5 Å². The predicted molar refractivity (Wildman–Crippen MR) is 314 cm³/mol. The Morgan fingerprint density at radius 2 is 0.827 bits per heavy atom. The summed E-state index contributed by atoms with van der Waals surface area (Å²) in [5.74, 6) is 0. The van der Waals surface area contributed by atoms with Crippen LogP contribution in [0.1, 0.15) is 65.3 Å². The Hall–Kier alpha value is -9.04. The zero-order chi connectivity index (χ0) is 50.0. The van der Waals surface area contributed by atoms with Crippen LogP contribution >= 0.6 is 0 Å². The Kier molecular flexibility index (Phi) is 9.57. The molecule has 1 aromatic heterocycles. The van der Waals surface area contributed by atoms with Crippen LogP contribution in [-0.4, -0.2) is 0 Å². The number of hydrogen-bond acceptors (Lipinski definition) is 1. The molecule has 354 valence electrons. The van der Waals surface area contributed by atoms with Crippen molar-refractivity contribution in [3.63, 3.8) is 0 Å². The van der Waals surface area contributed by atoms with Gasteiger partial charge in [0.15, 0.2) is 0 Å². The molecule has 1 heterocycles. The van der Waals surface area contributed by atoms with Crippen molar-refractivity contribution in [2.24, 2.45) is 0 Å². The summed E-state index contributed by atoms with van der Waals surface area (Å²) in [5, 5.41) is 2.26. The largest absolute Gasteiger partial charge is 0.455 e. The SMILES string of the molecule is CC1(C)c2cc(CC3=Cc4cc5oc6c(-c7ccccc7)cc(-c7ccccc7)cc6c5cc4C4(C)c5ccccc5-c5cc(-c6ccccc6)cc3c54)ccc2-c2cc(-c3ccccc3)cc(-c3ccccc3)c21. The number of rotatable bonds is 7. The van der Waals surface area contributed by atoms with E-state index in [0.29, 0.717) is 0 Å². The lowest BCUT2D eigenvalue weighted by Gasteiger charge is -2.30. The molecular formula is C74H52O. The Morgan fingerprint density at radius 1 is 0.333 bits per heavy atom. The van der Waals surface area contributed by atoms with Crippen LogP contribution in [0, 0.1) is 0 Å². The molecule has 12 aromatic rings. The first-order valence-electron chi connectivity index (χ1n) is 26.4. The third-order valence-electron chi connectivity index (χ3n) is 17.0. The Labute approximate surface area is 438 Å². The van der Waals surface area contributed by atoms with Gasteiger partial charge in [0.1, 0.15) is 11.2 Å². The molecule has 75 heavy (non-hydrogen) atoms. The fourth-order valence-corrected chi connectivity index (χ4v) is 13.5. The van der Waals surface area contributed by atoms with E-state index in [1.165, 1.54) is 117 Å². The Morgan fingerprint density at radius 3 is 1.45 bits per heavy atom. The summed E-state index contributed by atoms with van der Waals surface area (Å²) in [4.78, 5) is 0. The van der Waals surface area contributed by atoms with Gasteiger partial charge in [-0.05, 0) is 184 Å². The maximum absolute atomic E-state index is 7.18. The van der Waals surface area contributed by atoms with E-state index in [1.807, 2.05) is 0 Å². The second kappa shape index (κ2) is 16.5. The molecule has 0 bridgehead atoms. The third kappa shape index (κ3) is 6.64. The standard InChI is InChI=1S/C74H52O/c1-73(2)68-36-46(33-34-58(68)63-41-52(47-21-9-4-10-22-47)38-59(70(63)73)50-27-15-7-16-28-50)35-55-37-56-44-69-62(65-43-54(49-25-13-6-14-26-49)40-61(72(65)75-69)51-29-17-8-18-30-51)45-67(56)74(3)66-32-20-19-31-57(66)64-42-53(39-60(55)71(64)74)48-23-11-5-12-24-48/h4-34,36-45H,35H2,1-3H3. The minimum Gasteiger partial charge on any atom is -0.455 e. The molecule has 0 fully saturated rings.